The highest BCUT2D eigenvalue weighted by molar-refractivity contribution is 8.04. The van der Waals surface area contributed by atoms with E-state index in [2.05, 4.69) is 24.9 Å². The van der Waals surface area contributed by atoms with E-state index in [9.17, 15) is 19.8 Å². The summed E-state index contributed by atoms with van der Waals surface area (Å²) in [5, 5.41) is 22.0. The lowest BCUT2D eigenvalue weighted by atomic mass is 9.67. The van der Waals surface area contributed by atoms with E-state index < -0.39 is 23.5 Å². The van der Waals surface area contributed by atoms with E-state index in [1.807, 2.05) is 19.2 Å². The van der Waals surface area contributed by atoms with Crippen LogP contribution < -0.4 is 0 Å². The van der Waals surface area contributed by atoms with Gasteiger partial charge in [-0.3, -0.25) is 14.6 Å². The Morgan fingerprint density at radius 2 is 2.13 bits per heavy atom. The Morgan fingerprint density at radius 3 is 2.73 bits per heavy atom. The molecule has 2 N–H and O–H groups in total. The van der Waals surface area contributed by atoms with Gasteiger partial charge in [0, 0.05) is 28.8 Å². The van der Waals surface area contributed by atoms with Gasteiger partial charge in [-0.1, -0.05) is 24.8 Å². The van der Waals surface area contributed by atoms with Crippen molar-refractivity contribution < 1.29 is 19.8 Å². The normalized spacial score (nSPS) is 32.7. The smallest absolute Gasteiger partial charge is 0.353 e. The molecule has 3 aliphatic heterocycles. The van der Waals surface area contributed by atoms with Crippen LogP contribution in [-0.2, 0) is 9.59 Å². The molecule has 1 fully saturated rings. The molecule has 1 aromatic heterocycles. The number of carbonyl (C=O) groups is 2. The Hall–Kier alpha value is -1.68. The molecule has 5 atom stereocenters. The minimum atomic E-state index is -1.12. The second-order valence-electron chi connectivity index (χ2n) is 8.69. The summed E-state index contributed by atoms with van der Waals surface area (Å²) in [6.45, 7) is 8.42. The van der Waals surface area contributed by atoms with Crippen molar-refractivity contribution in [2.24, 2.45) is 11.8 Å². The standard InChI is InChI=1S/C21H27N3O4S2/c1-10-6-7-13(8-23(10)5)14-9-29-20(22-14)30-17-11(2)21(4)15(12(3)25)18(26)24(21)16(17)19(27)28/h7,9-12,15,25H,6,8H2,1-5H3,(H,27,28)/t10-,11+,12-,15+,21-/m1/s1. The van der Waals surface area contributed by atoms with Crippen molar-refractivity contribution in [3.05, 3.63) is 27.8 Å². The van der Waals surface area contributed by atoms with Crippen molar-refractivity contribution in [3.63, 3.8) is 0 Å². The zero-order valence-electron chi connectivity index (χ0n) is 17.7. The Labute approximate surface area is 184 Å². The number of fused-ring (bicyclic) bond motifs is 1. The maximum Gasteiger partial charge on any atom is 0.353 e. The topological polar surface area (TPSA) is 94.0 Å². The summed E-state index contributed by atoms with van der Waals surface area (Å²) in [7, 11) is 2.10. The second kappa shape index (κ2) is 7.47. The van der Waals surface area contributed by atoms with E-state index in [1.165, 1.54) is 33.6 Å². The Kier molecular flexibility index (Phi) is 5.37. The van der Waals surface area contributed by atoms with Crippen LogP contribution in [0.2, 0.25) is 0 Å². The highest BCUT2D eigenvalue weighted by atomic mass is 32.2. The van der Waals surface area contributed by atoms with Crippen molar-refractivity contribution >= 4 is 40.5 Å². The molecular weight excluding hydrogens is 422 g/mol. The number of rotatable bonds is 5. The van der Waals surface area contributed by atoms with Crippen LogP contribution in [-0.4, -0.2) is 68.2 Å². The van der Waals surface area contributed by atoms with Gasteiger partial charge in [-0.25, -0.2) is 9.78 Å². The molecule has 4 heterocycles. The summed E-state index contributed by atoms with van der Waals surface area (Å²) in [5.74, 6) is -2.25. The number of likely N-dealkylation sites (N-methyl/N-ethyl adjacent to an activating group) is 1. The van der Waals surface area contributed by atoms with Gasteiger partial charge in [0.1, 0.15) is 5.70 Å². The third-order valence-corrected chi connectivity index (χ3v) is 9.10. The Morgan fingerprint density at radius 1 is 1.43 bits per heavy atom. The molecule has 0 unspecified atom stereocenters. The van der Waals surface area contributed by atoms with Gasteiger partial charge >= 0.3 is 5.97 Å². The summed E-state index contributed by atoms with van der Waals surface area (Å²) >= 11 is 2.82. The molecule has 0 aliphatic carbocycles. The lowest BCUT2D eigenvalue weighted by molar-refractivity contribution is -0.177. The first kappa shape index (κ1) is 21.5. The number of aliphatic hydroxyl groups is 1. The van der Waals surface area contributed by atoms with E-state index in [1.54, 1.807) is 6.92 Å². The van der Waals surface area contributed by atoms with Gasteiger partial charge in [-0.2, -0.15) is 0 Å². The summed E-state index contributed by atoms with van der Waals surface area (Å²) in [6.07, 6.45) is 2.38. The SMILES string of the molecule is C[C@@H]1CC=C(c2csc(SC3=C(C(=O)O)N4C(=O)[C@H]([C@@H](C)O)[C@@]4(C)[C@H]3C)n2)CN1C. The molecule has 7 nitrogen and oxygen atoms in total. The lowest BCUT2D eigenvalue weighted by Gasteiger charge is -2.55. The number of hydrogen-bond acceptors (Lipinski definition) is 7. The van der Waals surface area contributed by atoms with E-state index in [0.717, 1.165) is 23.0 Å². The maximum atomic E-state index is 12.7. The number of carboxylic acids is 1. The van der Waals surface area contributed by atoms with Crippen molar-refractivity contribution in [3.8, 4) is 0 Å². The maximum absolute atomic E-state index is 12.7. The van der Waals surface area contributed by atoms with E-state index in [0.29, 0.717) is 10.9 Å². The number of aliphatic carboxylic acids is 1. The first-order valence-corrected chi connectivity index (χ1v) is 11.8. The number of thiazole rings is 1. The molecule has 162 valence electrons. The number of aliphatic hydroxyl groups excluding tert-OH is 1. The van der Waals surface area contributed by atoms with Crippen molar-refractivity contribution in [1.29, 1.82) is 0 Å². The number of carboxylic acid groups (broad SMARTS) is 1. The van der Waals surface area contributed by atoms with Crippen LogP contribution in [0.3, 0.4) is 0 Å². The van der Waals surface area contributed by atoms with Gasteiger partial charge in [0.05, 0.1) is 23.3 Å². The molecule has 3 aliphatic rings. The largest absolute Gasteiger partial charge is 0.477 e. The molecule has 0 saturated carbocycles. The number of thioether (sulfide) groups is 1. The molecule has 9 heteroatoms. The summed E-state index contributed by atoms with van der Waals surface area (Å²) in [6, 6.07) is 0.508. The van der Waals surface area contributed by atoms with Gasteiger partial charge in [0.25, 0.3) is 0 Å². The molecule has 0 radical (unpaired) electrons. The van der Waals surface area contributed by atoms with E-state index in [-0.39, 0.29) is 17.5 Å². The fraction of sp³-hybridized carbons (Fsp3) is 0.571. The molecule has 0 bridgehead atoms. The molecule has 30 heavy (non-hydrogen) atoms. The highest BCUT2D eigenvalue weighted by Gasteiger charge is 2.68. The van der Waals surface area contributed by atoms with Crippen molar-refractivity contribution in [2.45, 2.75) is 56.1 Å². The van der Waals surface area contributed by atoms with Crippen LogP contribution in [0.4, 0.5) is 0 Å². The number of nitrogens with zero attached hydrogens (tertiary/aromatic N) is 3. The predicted molar refractivity (Wildman–Crippen MR) is 117 cm³/mol. The van der Waals surface area contributed by atoms with Crippen LogP contribution in [0.1, 0.15) is 39.8 Å². The van der Waals surface area contributed by atoms with Gasteiger partial charge in [0.15, 0.2) is 4.34 Å². The van der Waals surface area contributed by atoms with Crippen molar-refractivity contribution in [1.82, 2.24) is 14.8 Å². The number of aromatic nitrogens is 1. The average Bonchev–Trinajstić information content (AvgIpc) is 3.19. The second-order valence-corrected chi connectivity index (χ2v) is 10.8. The average molecular weight is 450 g/mol. The molecule has 0 aromatic carbocycles. The van der Waals surface area contributed by atoms with Crippen LogP contribution in [0.5, 0.6) is 0 Å². The number of amides is 1. The van der Waals surface area contributed by atoms with Crippen LogP contribution in [0, 0.1) is 11.8 Å². The third-order valence-electron chi connectivity index (χ3n) is 6.90. The molecule has 0 spiro atoms. The van der Waals surface area contributed by atoms with Crippen LogP contribution >= 0.6 is 23.1 Å². The Balaban J connectivity index is 1.63. The van der Waals surface area contributed by atoms with E-state index >= 15 is 0 Å². The fourth-order valence-electron chi connectivity index (χ4n) is 4.84. The van der Waals surface area contributed by atoms with Gasteiger partial charge in [-0.05, 0) is 39.8 Å². The van der Waals surface area contributed by atoms with Crippen LogP contribution in [0.25, 0.3) is 5.57 Å². The molecule has 1 aromatic rings. The minimum absolute atomic E-state index is 0.0269. The summed E-state index contributed by atoms with van der Waals surface area (Å²) < 4.78 is 0.764. The fourth-order valence-corrected chi connectivity index (χ4v) is 7.04. The van der Waals surface area contributed by atoms with E-state index in [4.69, 9.17) is 4.98 Å². The third kappa shape index (κ3) is 3.05. The first-order chi connectivity index (χ1) is 14.1. The highest BCUT2D eigenvalue weighted by Crippen LogP contribution is 2.58. The van der Waals surface area contributed by atoms with Gasteiger partial charge in [-0.15, -0.1) is 11.3 Å². The summed E-state index contributed by atoms with van der Waals surface area (Å²) in [4.78, 5) is 33.8. The number of hydrogen-bond donors (Lipinski definition) is 2. The monoisotopic (exact) mass is 449 g/mol. The first-order valence-electron chi connectivity index (χ1n) is 10.1. The zero-order valence-corrected chi connectivity index (χ0v) is 19.4. The Bertz CT molecular complexity index is 969. The predicted octanol–water partition coefficient (Wildman–Crippen LogP) is 2.89. The molecule has 1 saturated heterocycles. The lowest BCUT2D eigenvalue weighted by Crippen LogP contribution is -2.71. The quantitative estimate of drug-likeness (QED) is 0.668. The molecular formula is C21H27N3O4S2. The van der Waals surface area contributed by atoms with Gasteiger partial charge < -0.3 is 10.2 Å². The number of β-lactam (4-membered cyclic amide) rings is 1. The molecule has 1 amide bonds. The molecule has 4 rings (SSSR count). The van der Waals surface area contributed by atoms with Crippen LogP contribution in [0.15, 0.2) is 26.4 Å². The zero-order chi connectivity index (χ0) is 22.0. The summed E-state index contributed by atoms with van der Waals surface area (Å²) in [5.41, 5.74) is 1.41. The minimum Gasteiger partial charge on any atom is -0.477 e. The van der Waals surface area contributed by atoms with Gasteiger partial charge in [0.2, 0.25) is 5.91 Å². The number of carbonyl (C=O) groups excluding carboxylic acids is 1. The van der Waals surface area contributed by atoms with Crippen molar-refractivity contribution in [2.75, 3.05) is 13.6 Å².